The molecule has 1 aromatic rings. The van der Waals surface area contributed by atoms with Crippen LogP contribution in [0.4, 0.5) is 13.2 Å². The van der Waals surface area contributed by atoms with E-state index in [9.17, 15) is 13.2 Å². The van der Waals surface area contributed by atoms with Crippen LogP contribution in [0, 0.1) is 0 Å². The number of rotatable bonds is 8. The summed E-state index contributed by atoms with van der Waals surface area (Å²) in [5, 5.41) is 3.03. The largest absolute Gasteiger partial charge is 0.573 e. The predicted molar refractivity (Wildman–Crippen MR) is 65.6 cm³/mol. The van der Waals surface area contributed by atoms with Crippen molar-refractivity contribution in [1.82, 2.24) is 5.32 Å². The van der Waals surface area contributed by atoms with Crippen LogP contribution < -0.4 is 10.1 Å². The normalized spacial score (nSPS) is 11.1. The zero-order valence-electron chi connectivity index (χ0n) is 10.4. The van der Waals surface area contributed by atoms with E-state index in [0.717, 1.165) is 6.42 Å². The molecule has 0 aliphatic carbocycles. The Labute approximate surface area is 110 Å². The van der Waals surface area contributed by atoms with E-state index in [1.807, 2.05) is 0 Å². The van der Waals surface area contributed by atoms with Gasteiger partial charge in [-0.1, -0.05) is 24.8 Å². The maximum Gasteiger partial charge on any atom is 0.573 e. The average Bonchev–Trinajstić information content (AvgIpc) is 2.33. The highest BCUT2D eigenvalue weighted by Crippen LogP contribution is 2.25. The standard InChI is InChI=1S/C13H16F3NO2/c1-2-18-9-5-8-17-10-11-6-3-4-7-12(11)19-13(14,15)16/h2-4,6-7,17H,1,5,8-10H2. The quantitative estimate of drug-likeness (QED) is 0.583. The molecule has 0 aliphatic heterocycles. The first kappa shape index (κ1) is 15.4. The van der Waals surface area contributed by atoms with Gasteiger partial charge in [0.1, 0.15) is 5.75 Å². The maximum absolute atomic E-state index is 12.2. The highest BCUT2D eigenvalue weighted by atomic mass is 19.4. The van der Waals surface area contributed by atoms with Crippen LogP contribution in [0.15, 0.2) is 37.1 Å². The average molecular weight is 275 g/mol. The summed E-state index contributed by atoms with van der Waals surface area (Å²) in [6.45, 7) is 4.87. The molecule has 106 valence electrons. The molecule has 19 heavy (non-hydrogen) atoms. The minimum Gasteiger partial charge on any atom is -0.502 e. The van der Waals surface area contributed by atoms with Crippen LogP contribution in [-0.4, -0.2) is 19.5 Å². The molecular formula is C13H16F3NO2. The Morgan fingerprint density at radius 2 is 2.00 bits per heavy atom. The molecule has 0 unspecified atom stereocenters. The van der Waals surface area contributed by atoms with Crippen LogP contribution in [0.25, 0.3) is 0 Å². The zero-order valence-corrected chi connectivity index (χ0v) is 10.4. The Kier molecular flexibility index (Phi) is 6.21. The number of alkyl halides is 3. The molecule has 0 bridgehead atoms. The number of benzene rings is 1. The molecule has 0 fully saturated rings. The number of halogens is 3. The summed E-state index contributed by atoms with van der Waals surface area (Å²) >= 11 is 0. The molecule has 0 saturated carbocycles. The molecule has 0 atom stereocenters. The summed E-state index contributed by atoms with van der Waals surface area (Å²) in [6.07, 6.45) is -2.57. The van der Waals surface area contributed by atoms with Crippen molar-refractivity contribution in [3.8, 4) is 5.75 Å². The van der Waals surface area contributed by atoms with E-state index in [0.29, 0.717) is 25.3 Å². The first-order valence-corrected chi connectivity index (χ1v) is 5.80. The van der Waals surface area contributed by atoms with Gasteiger partial charge < -0.3 is 14.8 Å². The number of para-hydroxylation sites is 1. The molecule has 0 heterocycles. The van der Waals surface area contributed by atoms with Crippen molar-refractivity contribution >= 4 is 0 Å². The third kappa shape index (κ3) is 6.71. The van der Waals surface area contributed by atoms with Gasteiger partial charge >= 0.3 is 6.36 Å². The first-order valence-electron chi connectivity index (χ1n) is 5.80. The molecule has 1 aromatic carbocycles. The van der Waals surface area contributed by atoms with Gasteiger partial charge in [0.05, 0.1) is 12.9 Å². The minimum atomic E-state index is -4.67. The van der Waals surface area contributed by atoms with Crippen LogP contribution in [-0.2, 0) is 11.3 Å². The van der Waals surface area contributed by atoms with Gasteiger partial charge in [0.15, 0.2) is 0 Å². The molecule has 3 nitrogen and oxygen atoms in total. The number of nitrogens with one attached hydrogen (secondary N) is 1. The van der Waals surface area contributed by atoms with Crippen molar-refractivity contribution in [3.63, 3.8) is 0 Å². The lowest BCUT2D eigenvalue weighted by molar-refractivity contribution is -0.274. The number of hydrogen-bond donors (Lipinski definition) is 1. The van der Waals surface area contributed by atoms with Crippen LogP contribution in [0.3, 0.4) is 0 Å². The monoisotopic (exact) mass is 275 g/mol. The molecule has 6 heteroatoms. The Hall–Kier alpha value is -1.69. The molecule has 0 aromatic heterocycles. The number of ether oxygens (including phenoxy) is 2. The van der Waals surface area contributed by atoms with Gasteiger partial charge in [-0.25, -0.2) is 0 Å². The summed E-state index contributed by atoms with van der Waals surface area (Å²) in [6, 6.07) is 6.06. The Bertz CT molecular complexity index is 394. The van der Waals surface area contributed by atoms with Crippen molar-refractivity contribution in [1.29, 1.82) is 0 Å². The Morgan fingerprint density at radius 3 is 2.68 bits per heavy atom. The predicted octanol–water partition coefficient (Wildman–Crippen LogP) is 3.23. The van der Waals surface area contributed by atoms with E-state index in [1.54, 1.807) is 12.1 Å². The second-order valence-corrected chi connectivity index (χ2v) is 3.72. The van der Waals surface area contributed by atoms with E-state index < -0.39 is 6.36 Å². The molecule has 0 saturated heterocycles. The third-order valence-electron chi connectivity index (χ3n) is 2.25. The molecule has 0 amide bonds. The van der Waals surface area contributed by atoms with E-state index in [1.165, 1.54) is 18.4 Å². The maximum atomic E-state index is 12.2. The fourth-order valence-corrected chi connectivity index (χ4v) is 1.46. The molecule has 1 rings (SSSR count). The summed E-state index contributed by atoms with van der Waals surface area (Å²) in [5.41, 5.74) is 0.462. The minimum absolute atomic E-state index is 0.176. The van der Waals surface area contributed by atoms with Gasteiger partial charge in [-0.2, -0.15) is 0 Å². The van der Waals surface area contributed by atoms with Crippen molar-refractivity contribution in [2.75, 3.05) is 13.2 Å². The SMILES string of the molecule is C=COCCCNCc1ccccc1OC(F)(F)F. The molecule has 1 N–H and O–H groups in total. The van der Waals surface area contributed by atoms with Crippen molar-refractivity contribution < 1.29 is 22.6 Å². The fourth-order valence-electron chi connectivity index (χ4n) is 1.46. The van der Waals surface area contributed by atoms with Gasteiger partial charge in [-0.3, -0.25) is 0 Å². The van der Waals surface area contributed by atoms with Crippen molar-refractivity contribution in [2.24, 2.45) is 0 Å². The van der Waals surface area contributed by atoms with Gasteiger partial charge in [0, 0.05) is 12.1 Å². The second-order valence-electron chi connectivity index (χ2n) is 3.72. The van der Waals surface area contributed by atoms with E-state index >= 15 is 0 Å². The topological polar surface area (TPSA) is 30.5 Å². The van der Waals surface area contributed by atoms with Crippen LogP contribution in [0.1, 0.15) is 12.0 Å². The zero-order chi connectivity index (χ0) is 14.1. The number of hydrogen-bond acceptors (Lipinski definition) is 3. The summed E-state index contributed by atoms with van der Waals surface area (Å²) in [7, 11) is 0. The van der Waals surface area contributed by atoms with E-state index in [-0.39, 0.29) is 5.75 Å². The summed E-state index contributed by atoms with van der Waals surface area (Å²) < 4.78 is 45.4. The lowest BCUT2D eigenvalue weighted by Crippen LogP contribution is -2.20. The smallest absolute Gasteiger partial charge is 0.502 e. The van der Waals surface area contributed by atoms with Gasteiger partial charge in [-0.15, -0.1) is 13.2 Å². The van der Waals surface area contributed by atoms with E-state index in [2.05, 4.69) is 16.6 Å². The molecular weight excluding hydrogens is 259 g/mol. The fraction of sp³-hybridized carbons (Fsp3) is 0.385. The Morgan fingerprint density at radius 1 is 1.26 bits per heavy atom. The van der Waals surface area contributed by atoms with Gasteiger partial charge in [0.25, 0.3) is 0 Å². The van der Waals surface area contributed by atoms with Crippen molar-refractivity contribution in [3.05, 3.63) is 42.7 Å². The lowest BCUT2D eigenvalue weighted by atomic mass is 10.2. The van der Waals surface area contributed by atoms with Gasteiger partial charge in [-0.05, 0) is 19.0 Å². The van der Waals surface area contributed by atoms with Crippen LogP contribution >= 0.6 is 0 Å². The van der Waals surface area contributed by atoms with Crippen LogP contribution in [0.5, 0.6) is 5.75 Å². The third-order valence-corrected chi connectivity index (χ3v) is 2.25. The highest BCUT2D eigenvalue weighted by molar-refractivity contribution is 5.33. The summed E-state index contributed by atoms with van der Waals surface area (Å²) in [4.78, 5) is 0. The highest BCUT2D eigenvalue weighted by Gasteiger charge is 2.31. The van der Waals surface area contributed by atoms with Crippen LogP contribution in [0.2, 0.25) is 0 Å². The summed E-state index contributed by atoms with van der Waals surface area (Å²) in [5.74, 6) is -0.176. The first-order chi connectivity index (χ1) is 9.03. The van der Waals surface area contributed by atoms with Crippen molar-refractivity contribution in [2.45, 2.75) is 19.3 Å². The van der Waals surface area contributed by atoms with E-state index in [4.69, 9.17) is 4.74 Å². The lowest BCUT2D eigenvalue weighted by Gasteiger charge is -2.13. The molecule has 0 spiro atoms. The van der Waals surface area contributed by atoms with Gasteiger partial charge in [0.2, 0.25) is 0 Å². The molecule has 0 aliphatic rings. The second kappa shape index (κ2) is 7.68. The molecule has 0 radical (unpaired) electrons. The Balaban J connectivity index is 2.42.